The zero-order valence-electron chi connectivity index (χ0n) is 27.4. The number of rotatable bonds is 7. The molecule has 0 unspecified atom stereocenters. The minimum Gasteiger partial charge on any atom is -0.402 e. The predicted molar refractivity (Wildman–Crippen MR) is 177 cm³/mol. The maximum absolute atomic E-state index is 14.2. The number of piperidine rings is 1. The van der Waals surface area contributed by atoms with Gasteiger partial charge in [0.25, 0.3) is 5.56 Å². The Labute approximate surface area is 296 Å². The van der Waals surface area contributed by atoms with Crippen LogP contribution in [0.2, 0.25) is 5.02 Å². The van der Waals surface area contributed by atoms with Crippen molar-refractivity contribution in [3.05, 3.63) is 85.8 Å². The van der Waals surface area contributed by atoms with E-state index in [9.17, 15) is 40.7 Å². The van der Waals surface area contributed by atoms with Gasteiger partial charge in [-0.1, -0.05) is 17.7 Å². The van der Waals surface area contributed by atoms with Crippen LogP contribution in [0.4, 0.5) is 32.0 Å². The van der Waals surface area contributed by atoms with E-state index in [1.807, 2.05) is 0 Å². The average molecular weight is 755 g/mol. The first-order chi connectivity index (χ1) is 24.5. The number of hydrogen-bond donors (Lipinski definition) is 3. The number of amides is 2. The van der Waals surface area contributed by atoms with Gasteiger partial charge in [0, 0.05) is 35.5 Å². The van der Waals surface area contributed by atoms with Crippen molar-refractivity contribution >= 4 is 40.5 Å². The number of nitrogens with two attached hydrogens (primary N) is 2. The van der Waals surface area contributed by atoms with Gasteiger partial charge in [-0.15, -0.1) is 5.10 Å². The van der Waals surface area contributed by atoms with Gasteiger partial charge in [0.15, 0.2) is 5.82 Å². The molecule has 2 aromatic heterocycles. The van der Waals surface area contributed by atoms with Crippen molar-refractivity contribution in [2.24, 2.45) is 11.5 Å². The van der Waals surface area contributed by atoms with E-state index in [1.165, 1.54) is 4.90 Å². The molecular formula is C33H33ClF6N8O4. The molecule has 278 valence electrons. The van der Waals surface area contributed by atoms with Crippen LogP contribution in [0.1, 0.15) is 54.7 Å². The Morgan fingerprint density at radius 3 is 2.42 bits per heavy atom. The normalized spacial score (nSPS) is 18.1. The molecular weight excluding hydrogens is 722 g/mol. The Bertz CT molecular complexity index is 2080. The number of hydrogen-bond acceptors (Lipinski definition) is 8. The number of nitrogens with one attached hydrogen (secondary N) is 1. The van der Waals surface area contributed by atoms with Crippen molar-refractivity contribution in [3.8, 4) is 0 Å². The van der Waals surface area contributed by atoms with Crippen LogP contribution in [0, 0.1) is 0 Å². The molecule has 2 aliphatic heterocycles. The van der Waals surface area contributed by atoms with E-state index in [1.54, 1.807) is 10.6 Å². The lowest BCUT2D eigenvalue weighted by Gasteiger charge is -2.39. The van der Waals surface area contributed by atoms with Crippen LogP contribution in [0.3, 0.4) is 0 Å². The molecule has 1 fully saturated rings. The lowest BCUT2D eigenvalue weighted by Crippen LogP contribution is -2.46. The van der Waals surface area contributed by atoms with E-state index < -0.39 is 46.4 Å². The van der Waals surface area contributed by atoms with Crippen molar-refractivity contribution in [2.45, 2.75) is 62.8 Å². The van der Waals surface area contributed by atoms with Crippen LogP contribution in [0.25, 0.3) is 11.4 Å². The molecule has 0 bridgehead atoms. The van der Waals surface area contributed by atoms with Gasteiger partial charge in [0.2, 0.25) is 17.6 Å². The lowest BCUT2D eigenvalue weighted by molar-refractivity contribution is -0.137. The summed E-state index contributed by atoms with van der Waals surface area (Å²) in [4.78, 5) is 46.9. The number of carbonyl (C=O) groups is 2. The van der Waals surface area contributed by atoms with E-state index in [0.717, 1.165) is 28.3 Å². The van der Waals surface area contributed by atoms with Gasteiger partial charge in [-0.05, 0) is 68.0 Å². The molecule has 5 N–H and O–H groups in total. The molecule has 0 radical (unpaired) electrons. The average Bonchev–Trinajstić information content (AvgIpc) is 3.70. The van der Waals surface area contributed by atoms with Gasteiger partial charge >= 0.3 is 12.4 Å². The highest BCUT2D eigenvalue weighted by Gasteiger charge is 2.46. The van der Waals surface area contributed by atoms with Crippen molar-refractivity contribution in [1.82, 2.24) is 24.1 Å². The van der Waals surface area contributed by atoms with Gasteiger partial charge < -0.3 is 31.0 Å². The number of alkyl halides is 6. The summed E-state index contributed by atoms with van der Waals surface area (Å²) in [7, 11) is 0. The molecule has 3 aromatic rings. The lowest BCUT2D eigenvalue weighted by atomic mass is 9.74. The number of nitrogens with zero attached hydrogens (tertiary/aromatic N) is 5. The van der Waals surface area contributed by atoms with Crippen LogP contribution in [0.5, 0.6) is 0 Å². The highest BCUT2D eigenvalue weighted by molar-refractivity contribution is 6.33. The van der Waals surface area contributed by atoms with Gasteiger partial charge in [-0.2, -0.15) is 35.8 Å². The second kappa shape index (κ2) is 13.9. The largest absolute Gasteiger partial charge is 0.430 e. The zero-order chi connectivity index (χ0) is 37.6. The third-order valence-electron chi connectivity index (χ3n) is 9.58. The van der Waals surface area contributed by atoms with E-state index in [4.69, 9.17) is 27.8 Å². The zero-order valence-corrected chi connectivity index (χ0v) is 28.2. The standard InChI is InChI=1S/C33H33ClF6N8O4/c34-21-15-19(32(35,36)37)1-3-22(21)43-25(49)17-47-23-5-8-31(27(23)29(51)48-30(47)44-28(45-48)18-6-13-52-14-7-18)9-11-46(12-10-31)26(50)16-20(41)2-4-24(42)33(38,39)40/h1-4,6,15H,5,7-14,16-17,41-42H2,(H,43,49)/b20-2-,24-4-. The summed E-state index contributed by atoms with van der Waals surface area (Å²) < 4.78 is 85.8. The molecule has 1 aromatic carbocycles. The van der Waals surface area contributed by atoms with Crippen molar-refractivity contribution in [3.63, 3.8) is 0 Å². The Balaban J connectivity index is 1.29. The molecule has 0 saturated carbocycles. The number of carbonyl (C=O) groups excluding carboxylic acids is 2. The number of anilines is 1. The molecule has 1 aliphatic carbocycles. The fourth-order valence-electron chi connectivity index (χ4n) is 6.85. The van der Waals surface area contributed by atoms with E-state index in [0.29, 0.717) is 68.7 Å². The van der Waals surface area contributed by atoms with E-state index >= 15 is 0 Å². The summed E-state index contributed by atoms with van der Waals surface area (Å²) in [5.74, 6) is -0.649. The molecule has 0 atom stereocenters. The molecule has 12 nitrogen and oxygen atoms in total. The fourth-order valence-corrected chi connectivity index (χ4v) is 7.08. The minimum atomic E-state index is -4.73. The van der Waals surface area contributed by atoms with Crippen LogP contribution in [-0.2, 0) is 38.9 Å². The number of benzene rings is 1. The first-order valence-corrected chi connectivity index (χ1v) is 16.6. The summed E-state index contributed by atoms with van der Waals surface area (Å²) >= 11 is 6.09. The highest BCUT2D eigenvalue weighted by Crippen LogP contribution is 2.45. The topological polar surface area (TPSA) is 163 Å². The second-order valence-electron chi connectivity index (χ2n) is 12.9. The molecule has 3 aliphatic rings. The smallest absolute Gasteiger partial charge is 0.402 e. The quantitative estimate of drug-likeness (QED) is 0.236. The summed E-state index contributed by atoms with van der Waals surface area (Å²) in [6.45, 7) is 0.845. The first-order valence-electron chi connectivity index (χ1n) is 16.2. The molecule has 1 spiro atoms. The minimum absolute atomic E-state index is 0.0354. The summed E-state index contributed by atoms with van der Waals surface area (Å²) in [5.41, 5.74) is 8.95. The number of likely N-dealkylation sites (tertiary alicyclic amines) is 1. The van der Waals surface area contributed by atoms with Crippen LogP contribution < -0.4 is 22.3 Å². The second-order valence-corrected chi connectivity index (χ2v) is 13.3. The number of halogens is 7. The Hall–Kier alpha value is -4.84. The van der Waals surface area contributed by atoms with Crippen molar-refractivity contribution in [2.75, 3.05) is 31.6 Å². The van der Waals surface area contributed by atoms with E-state index in [2.05, 4.69) is 15.4 Å². The number of allylic oxidation sites excluding steroid dienone is 3. The Morgan fingerprint density at radius 1 is 1.06 bits per heavy atom. The maximum Gasteiger partial charge on any atom is 0.430 e. The first kappa shape index (κ1) is 36.9. The van der Waals surface area contributed by atoms with Crippen LogP contribution in [0.15, 0.2) is 52.6 Å². The summed E-state index contributed by atoms with van der Waals surface area (Å²) in [6, 6.07) is 2.57. The van der Waals surface area contributed by atoms with Gasteiger partial charge in [-0.3, -0.25) is 14.4 Å². The maximum atomic E-state index is 14.2. The Morgan fingerprint density at radius 2 is 1.79 bits per heavy atom. The van der Waals surface area contributed by atoms with Crippen LogP contribution >= 0.6 is 11.6 Å². The molecule has 4 heterocycles. The van der Waals surface area contributed by atoms with E-state index in [-0.39, 0.29) is 54.1 Å². The number of aromatic nitrogens is 4. The summed E-state index contributed by atoms with van der Waals surface area (Å²) in [6.07, 6.45) is -4.22. The molecule has 19 heteroatoms. The molecule has 2 amide bonds. The third kappa shape index (κ3) is 7.39. The van der Waals surface area contributed by atoms with Gasteiger partial charge in [0.1, 0.15) is 12.2 Å². The summed E-state index contributed by atoms with van der Waals surface area (Å²) in [5, 5.41) is 6.78. The SMILES string of the molecule is N/C(=C\C=C(/N)C(F)(F)F)CC(=O)N1CCC2(CCc3c2c(=O)n2nc(C4=CCOCC4)nc2n3CC(=O)Nc2ccc(C(F)(F)F)cc2Cl)CC1. The molecule has 1 saturated heterocycles. The molecule has 6 rings (SSSR count). The van der Waals surface area contributed by atoms with Crippen molar-refractivity contribution < 1.29 is 40.7 Å². The highest BCUT2D eigenvalue weighted by atomic mass is 35.5. The Kier molecular flexibility index (Phi) is 9.91. The number of ether oxygens (including phenoxy) is 1. The number of fused-ring (bicyclic) bond motifs is 3. The van der Waals surface area contributed by atoms with Crippen LogP contribution in [-0.4, -0.2) is 68.4 Å². The van der Waals surface area contributed by atoms with Crippen molar-refractivity contribution in [1.29, 1.82) is 0 Å². The monoisotopic (exact) mass is 754 g/mol. The van der Waals surface area contributed by atoms with Gasteiger partial charge in [-0.25, -0.2) is 0 Å². The third-order valence-corrected chi connectivity index (χ3v) is 9.89. The van der Waals surface area contributed by atoms with Gasteiger partial charge in [0.05, 0.1) is 35.9 Å². The predicted octanol–water partition coefficient (Wildman–Crippen LogP) is 4.45. The fraction of sp³-hybridized carbons (Fsp3) is 0.424. The molecule has 52 heavy (non-hydrogen) atoms.